The van der Waals surface area contributed by atoms with E-state index in [9.17, 15) is 0 Å². The quantitative estimate of drug-likeness (QED) is 0.781. The first-order chi connectivity index (χ1) is 7.25. The molecule has 0 fully saturated rings. The molecule has 0 saturated heterocycles. The van der Waals surface area contributed by atoms with E-state index in [4.69, 9.17) is 5.73 Å². The topological polar surface area (TPSA) is 68.8 Å². The van der Waals surface area contributed by atoms with Gasteiger partial charge < -0.3 is 11.1 Å². The first kappa shape index (κ1) is 9.51. The van der Waals surface area contributed by atoms with Crippen molar-refractivity contribution < 1.29 is 0 Å². The summed E-state index contributed by atoms with van der Waals surface area (Å²) in [5.74, 6) is 1.12. The number of benzene rings is 1. The molecule has 5 heteroatoms. The molecule has 5 nitrogen and oxygen atoms in total. The number of aromatic nitrogens is 3. The molecule has 0 radical (unpaired) electrons. The third kappa shape index (κ3) is 2.25. The lowest BCUT2D eigenvalue weighted by Crippen LogP contribution is -2.01. The molecule has 1 aromatic heterocycles. The zero-order valence-corrected chi connectivity index (χ0v) is 8.51. The molecule has 78 valence electrons. The predicted octanol–water partition coefficient (Wildman–Crippen LogP) is 1.01. The van der Waals surface area contributed by atoms with Crippen molar-refractivity contribution >= 4 is 11.6 Å². The predicted molar refractivity (Wildman–Crippen MR) is 59.2 cm³/mol. The van der Waals surface area contributed by atoms with Crippen molar-refractivity contribution in [2.24, 2.45) is 7.05 Å². The SMILES string of the molecule is Cn1nc(CNc2ccccc2)nc1N. The number of nitrogens with two attached hydrogens (primary N) is 1. The van der Waals surface area contributed by atoms with E-state index >= 15 is 0 Å². The Balaban J connectivity index is 1.99. The molecule has 0 aliphatic carbocycles. The number of nitrogens with one attached hydrogen (secondary N) is 1. The molecular weight excluding hydrogens is 190 g/mol. The molecule has 1 aromatic carbocycles. The number of rotatable bonds is 3. The van der Waals surface area contributed by atoms with Crippen LogP contribution in [0.2, 0.25) is 0 Å². The molecule has 0 amide bonds. The lowest BCUT2D eigenvalue weighted by atomic mass is 10.3. The summed E-state index contributed by atoms with van der Waals surface area (Å²) in [6, 6.07) is 9.91. The van der Waals surface area contributed by atoms with Gasteiger partial charge in [0.05, 0.1) is 6.54 Å². The highest BCUT2D eigenvalue weighted by atomic mass is 15.4. The minimum absolute atomic E-state index is 0.430. The zero-order chi connectivity index (χ0) is 10.7. The van der Waals surface area contributed by atoms with E-state index in [-0.39, 0.29) is 0 Å². The van der Waals surface area contributed by atoms with E-state index in [1.165, 1.54) is 0 Å². The largest absolute Gasteiger partial charge is 0.378 e. The van der Waals surface area contributed by atoms with Gasteiger partial charge in [-0.1, -0.05) is 18.2 Å². The summed E-state index contributed by atoms with van der Waals surface area (Å²) in [4.78, 5) is 4.09. The molecule has 2 aromatic rings. The van der Waals surface area contributed by atoms with Crippen molar-refractivity contribution in [1.29, 1.82) is 0 Å². The average Bonchev–Trinajstić information content (AvgIpc) is 2.57. The van der Waals surface area contributed by atoms with Crippen LogP contribution < -0.4 is 11.1 Å². The molecule has 0 spiro atoms. The van der Waals surface area contributed by atoms with E-state index in [2.05, 4.69) is 15.4 Å². The van der Waals surface area contributed by atoms with Crippen molar-refractivity contribution in [3.05, 3.63) is 36.2 Å². The number of nitrogens with zero attached hydrogens (tertiary/aromatic N) is 3. The molecule has 0 aliphatic rings. The highest BCUT2D eigenvalue weighted by Crippen LogP contribution is 2.06. The molecule has 0 bridgehead atoms. The second kappa shape index (κ2) is 4.00. The number of hydrogen-bond donors (Lipinski definition) is 2. The Kier molecular flexibility index (Phi) is 2.53. The van der Waals surface area contributed by atoms with E-state index in [1.807, 2.05) is 30.3 Å². The normalized spacial score (nSPS) is 10.2. The highest BCUT2D eigenvalue weighted by molar-refractivity contribution is 5.42. The average molecular weight is 203 g/mol. The second-order valence-corrected chi connectivity index (χ2v) is 3.23. The van der Waals surface area contributed by atoms with Crippen molar-refractivity contribution in [2.45, 2.75) is 6.54 Å². The minimum Gasteiger partial charge on any atom is -0.378 e. The van der Waals surface area contributed by atoms with Crippen LogP contribution in [-0.2, 0) is 13.6 Å². The maximum Gasteiger partial charge on any atom is 0.218 e. The minimum atomic E-state index is 0.430. The van der Waals surface area contributed by atoms with Gasteiger partial charge in [-0.2, -0.15) is 10.1 Å². The van der Waals surface area contributed by atoms with Crippen LogP contribution in [0.4, 0.5) is 11.6 Å². The Morgan fingerprint density at radius 3 is 2.67 bits per heavy atom. The summed E-state index contributed by atoms with van der Waals surface area (Å²) in [5, 5.41) is 7.35. The van der Waals surface area contributed by atoms with Gasteiger partial charge in [0.15, 0.2) is 5.82 Å². The third-order valence-corrected chi connectivity index (χ3v) is 2.07. The van der Waals surface area contributed by atoms with Crippen molar-refractivity contribution in [3.63, 3.8) is 0 Å². The summed E-state index contributed by atoms with van der Waals surface area (Å²) in [6.45, 7) is 0.578. The standard InChI is InChI=1S/C10H13N5/c1-15-10(11)13-9(14-15)7-12-8-5-3-2-4-6-8/h2-6,12H,7H2,1H3,(H2,11,13,14). The van der Waals surface area contributed by atoms with Gasteiger partial charge in [-0.25, -0.2) is 4.68 Å². The van der Waals surface area contributed by atoms with E-state index in [0.717, 1.165) is 5.69 Å². The van der Waals surface area contributed by atoms with Crippen LogP contribution in [0.25, 0.3) is 0 Å². The second-order valence-electron chi connectivity index (χ2n) is 3.23. The van der Waals surface area contributed by atoms with Gasteiger partial charge in [-0.05, 0) is 12.1 Å². The Bertz CT molecular complexity index is 415. The monoisotopic (exact) mass is 203 g/mol. The first-order valence-corrected chi connectivity index (χ1v) is 4.70. The molecule has 15 heavy (non-hydrogen) atoms. The van der Waals surface area contributed by atoms with Gasteiger partial charge in [0.1, 0.15) is 0 Å². The summed E-state index contributed by atoms with van der Waals surface area (Å²) in [5.41, 5.74) is 6.62. The summed E-state index contributed by atoms with van der Waals surface area (Å²) in [6.07, 6.45) is 0. The van der Waals surface area contributed by atoms with E-state index in [1.54, 1.807) is 11.7 Å². The maximum atomic E-state index is 5.57. The molecule has 2 rings (SSSR count). The Morgan fingerprint density at radius 2 is 2.07 bits per heavy atom. The summed E-state index contributed by atoms with van der Waals surface area (Å²) < 4.78 is 1.56. The van der Waals surface area contributed by atoms with Gasteiger partial charge in [0.2, 0.25) is 5.95 Å². The van der Waals surface area contributed by atoms with Crippen LogP contribution in [-0.4, -0.2) is 14.8 Å². The number of nitrogen functional groups attached to an aromatic ring is 1. The molecule has 0 saturated carbocycles. The van der Waals surface area contributed by atoms with Crippen LogP contribution in [0.1, 0.15) is 5.82 Å². The number of aryl methyl sites for hydroxylation is 1. The molecule has 0 atom stereocenters. The number of anilines is 2. The lowest BCUT2D eigenvalue weighted by Gasteiger charge is -2.01. The fourth-order valence-corrected chi connectivity index (χ4v) is 1.26. The van der Waals surface area contributed by atoms with Crippen LogP contribution in [0.15, 0.2) is 30.3 Å². The fraction of sp³-hybridized carbons (Fsp3) is 0.200. The van der Waals surface area contributed by atoms with E-state index < -0.39 is 0 Å². The molecule has 0 unspecified atom stereocenters. The summed E-state index contributed by atoms with van der Waals surface area (Å²) >= 11 is 0. The number of hydrogen-bond acceptors (Lipinski definition) is 4. The van der Waals surface area contributed by atoms with Crippen molar-refractivity contribution in [1.82, 2.24) is 14.8 Å². The Morgan fingerprint density at radius 1 is 1.33 bits per heavy atom. The lowest BCUT2D eigenvalue weighted by molar-refractivity contribution is 0.756. The third-order valence-electron chi connectivity index (χ3n) is 2.07. The van der Waals surface area contributed by atoms with Crippen LogP contribution in [0.3, 0.4) is 0 Å². The van der Waals surface area contributed by atoms with Crippen LogP contribution in [0.5, 0.6) is 0 Å². The fourth-order valence-electron chi connectivity index (χ4n) is 1.26. The Hall–Kier alpha value is -2.04. The highest BCUT2D eigenvalue weighted by Gasteiger charge is 2.02. The molecule has 3 N–H and O–H groups in total. The van der Waals surface area contributed by atoms with Crippen LogP contribution in [0, 0.1) is 0 Å². The van der Waals surface area contributed by atoms with Gasteiger partial charge in [-0.15, -0.1) is 0 Å². The van der Waals surface area contributed by atoms with E-state index in [0.29, 0.717) is 18.3 Å². The van der Waals surface area contributed by atoms with Gasteiger partial charge in [0.25, 0.3) is 0 Å². The first-order valence-electron chi connectivity index (χ1n) is 4.70. The van der Waals surface area contributed by atoms with Gasteiger partial charge >= 0.3 is 0 Å². The van der Waals surface area contributed by atoms with Gasteiger partial charge in [-0.3, -0.25) is 0 Å². The summed E-state index contributed by atoms with van der Waals surface area (Å²) in [7, 11) is 1.77. The maximum absolute atomic E-state index is 5.57. The van der Waals surface area contributed by atoms with Crippen molar-refractivity contribution in [3.8, 4) is 0 Å². The zero-order valence-electron chi connectivity index (χ0n) is 8.51. The molecule has 0 aliphatic heterocycles. The van der Waals surface area contributed by atoms with Crippen LogP contribution >= 0.6 is 0 Å². The smallest absolute Gasteiger partial charge is 0.218 e. The molecule has 1 heterocycles. The van der Waals surface area contributed by atoms with Crippen molar-refractivity contribution in [2.75, 3.05) is 11.1 Å². The van der Waals surface area contributed by atoms with Gasteiger partial charge in [0, 0.05) is 12.7 Å². The molecular formula is C10H13N5. The Labute approximate surface area is 87.9 Å². The number of para-hydroxylation sites is 1.